The predicted molar refractivity (Wildman–Crippen MR) is 88.2 cm³/mol. The summed E-state index contributed by atoms with van der Waals surface area (Å²) in [4.78, 5) is 23.3. The fraction of sp³-hybridized carbons (Fsp3) is 0.0667. The predicted octanol–water partition coefficient (Wildman–Crippen LogP) is 3.02. The lowest BCUT2D eigenvalue weighted by Crippen LogP contribution is -2.24. The van der Waals surface area contributed by atoms with Crippen molar-refractivity contribution in [3.05, 3.63) is 53.3 Å². The number of carbonyl (C=O) groups is 2. The minimum atomic E-state index is -0.555. The van der Waals surface area contributed by atoms with E-state index >= 15 is 0 Å². The van der Waals surface area contributed by atoms with Crippen LogP contribution in [0.15, 0.2) is 42.5 Å². The molecule has 8 heteroatoms. The number of benzene rings is 2. The van der Waals surface area contributed by atoms with Crippen molar-refractivity contribution in [2.24, 2.45) is 5.73 Å². The summed E-state index contributed by atoms with van der Waals surface area (Å²) in [6.45, 7) is -0.257. The lowest BCUT2D eigenvalue weighted by atomic mass is 10.2. The summed E-state index contributed by atoms with van der Waals surface area (Å²) in [7, 11) is 0. The van der Waals surface area contributed by atoms with Crippen LogP contribution >= 0.6 is 11.6 Å². The molecule has 0 unspecified atom stereocenters. The molecule has 0 aliphatic heterocycles. The molecule has 0 saturated carbocycles. The van der Waals surface area contributed by atoms with Crippen molar-refractivity contribution in [1.82, 2.24) is 0 Å². The molecule has 5 N–H and O–H groups in total. The Labute approximate surface area is 136 Å². The third-order valence-electron chi connectivity index (χ3n) is 2.79. The van der Waals surface area contributed by atoms with Gasteiger partial charge in [0.15, 0.2) is 0 Å². The second-order valence-corrected chi connectivity index (χ2v) is 4.96. The van der Waals surface area contributed by atoms with E-state index in [1.165, 1.54) is 6.07 Å². The summed E-state index contributed by atoms with van der Waals surface area (Å²) in [5.74, 6) is -1.06. The van der Waals surface area contributed by atoms with Gasteiger partial charge in [0, 0.05) is 10.7 Å². The molecule has 3 amide bonds. The molecule has 0 aromatic heterocycles. The normalized spacial score (nSPS) is 10.0. The zero-order valence-corrected chi connectivity index (χ0v) is 12.7. The number of hydrogen-bond acceptors (Lipinski definition) is 3. The van der Waals surface area contributed by atoms with Gasteiger partial charge in [0.05, 0.1) is 17.9 Å². The fourth-order valence-electron chi connectivity index (χ4n) is 1.75. The minimum absolute atomic E-state index is 0.117. The van der Waals surface area contributed by atoms with E-state index in [0.29, 0.717) is 10.7 Å². The van der Waals surface area contributed by atoms with Gasteiger partial charge in [-0.1, -0.05) is 11.6 Å². The molecule has 0 spiro atoms. The average Bonchev–Trinajstić information content (AvgIpc) is 2.52. The van der Waals surface area contributed by atoms with Crippen LogP contribution in [0.25, 0.3) is 0 Å². The van der Waals surface area contributed by atoms with Gasteiger partial charge in [-0.2, -0.15) is 0 Å². The molecule has 0 heterocycles. The second-order valence-electron chi connectivity index (χ2n) is 4.53. The highest BCUT2D eigenvalue weighted by Crippen LogP contribution is 2.23. The molecule has 6 nitrogen and oxygen atoms in total. The van der Waals surface area contributed by atoms with Crippen LogP contribution < -0.4 is 21.7 Å². The Balaban J connectivity index is 2.10. The van der Waals surface area contributed by atoms with E-state index in [1.807, 2.05) is 0 Å². The van der Waals surface area contributed by atoms with Crippen molar-refractivity contribution < 1.29 is 14.0 Å². The van der Waals surface area contributed by atoms with Crippen molar-refractivity contribution >= 4 is 40.6 Å². The first-order chi connectivity index (χ1) is 11.0. The quantitative estimate of drug-likeness (QED) is 0.691. The Morgan fingerprint density at radius 1 is 1.00 bits per heavy atom. The molecule has 0 aliphatic carbocycles. The van der Waals surface area contributed by atoms with Crippen LogP contribution in [0, 0.1) is 5.82 Å². The summed E-state index contributed by atoms with van der Waals surface area (Å²) < 4.78 is 13.3. The molecule has 0 saturated heterocycles. The van der Waals surface area contributed by atoms with Crippen LogP contribution in [0.4, 0.5) is 26.2 Å². The van der Waals surface area contributed by atoms with E-state index in [9.17, 15) is 14.0 Å². The number of hydrogen-bond donors (Lipinski definition) is 4. The van der Waals surface area contributed by atoms with Crippen LogP contribution in [-0.4, -0.2) is 18.5 Å². The van der Waals surface area contributed by atoms with Gasteiger partial charge < -0.3 is 21.7 Å². The van der Waals surface area contributed by atoms with Crippen LogP contribution in [0.5, 0.6) is 0 Å². The Hall–Kier alpha value is -2.64. The van der Waals surface area contributed by atoms with Crippen molar-refractivity contribution in [2.75, 3.05) is 22.5 Å². The molecule has 0 radical (unpaired) electrons. The van der Waals surface area contributed by atoms with E-state index in [2.05, 4.69) is 16.0 Å². The Morgan fingerprint density at radius 3 is 2.35 bits per heavy atom. The van der Waals surface area contributed by atoms with E-state index in [-0.39, 0.29) is 17.9 Å². The molecule has 23 heavy (non-hydrogen) atoms. The van der Waals surface area contributed by atoms with Gasteiger partial charge in [-0.3, -0.25) is 4.79 Å². The molecular weight excluding hydrogens is 323 g/mol. The third-order valence-corrected chi connectivity index (χ3v) is 3.04. The maximum atomic E-state index is 13.3. The van der Waals surface area contributed by atoms with Crippen molar-refractivity contribution in [1.29, 1.82) is 0 Å². The highest BCUT2D eigenvalue weighted by molar-refractivity contribution is 6.30. The van der Waals surface area contributed by atoms with Gasteiger partial charge >= 0.3 is 6.03 Å². The number of amides is 3. The minimum Gasteiger partial charge on any atom is -0.323 e. The maximum absolute atomic E-state index is 13.3. The Bertz CT molecular complexity index is 722. The largest absolute Gasteiger partial charge is 0.323 e. The number of rotatable bonds is 4. The van der Waals surface area contributed by atoms with Gasteiger partial charge in [0.1, 0.15) is 5.82 Å². The highest BCUT2D eigenvalue weighted by Gasteiger charge is 2.10. The van der Waals surface area contributed by atoms with Crippen LogP contribution in [0.1, 0.15) is 0 Å². The van der Waals surface area contributed by atoms with Gasteiger partial charge in [0.2, 0.25) is 5.91 Å². The molecule has 0 fully saturated rings. The first-order valence-electron chi connectivity index (χ1n) is 6.61. The molecule has 0 aliphatic rings. The number of carbonyl (C=O) groups excluding carboxylic acids is 2. The fourth-order valence-corrected chi connectivity index (χ4v) is 1.87. The molecule has 2 rings (SSSR count). The molecule has 2 aromatic carbocycles. The second kappa shape index (κ2) is 7.57. The van der Waals surface area contributed by atoms with Crippen molar-refractivity contribution in [2.45, 2.75) is 0 Å². The summed E-state index contributed by atoms with van der Waals surface area (Å²) in [6.07, 6.45) is 0. The zero-order valence-electron chi connectivity index (χ0n) is 11.9. The number of anilines is 3. The third kappa shape index (κ3) is 4.94. The molecule has 2 aromatic rings. The lowest BCUT2D eigenvalue weighted by Gasteiger charge is -2.13. The lowest BCUT2D eigenvalue weighted by molar-refractivity contribution is -0.114. The number of urea groups is 1. The summed E-state index contributed by atoms with van der Waals surface area (Å²) in [6, 6.07) is 9.55. The van der Waals surface area contributed by atoms with E-state index in [4.69, 9.17) is 17.3 Å². The van der Waals surface area contributed by atoms with E-state index < -0.39 is 17.8 Å². The molecule has 120 valence electrons. The molecule has 0 atom stereocenters. The number of halogens is 2. The highest BCUT2D eigenvalue weighted by atomic mass is 35.5. The van der Waals surface area contributed by atoms with E-state index in [1.54, 1.807) is 24.3 Å². The maximum Gasteiger partial charge on any atom is 0.323 e. The summed E-state index contributed by atoms with van der Waals surface area (Å²) in [5.41, 5.74) is 6.09. The first kappa shape index (κ1) is 16.7. The van der Waals surface area contributed by atoms with Crippen molar-refractivity contribution in [3.63, 3.8) is 0 Å². The molecule has 0 bridgehead atoms. The average molecular weight is 337 g/mol. The Kier molecular flexibility index (Phi) is 5.51. The summed E-state index contributed by atoms with van der Waals surface area (Å²) in [5, 5.41) is 8.07. The smallest absolute Gasteiger partial charge is 0.323 e. The zero-order chi connectivity index (χ0) is 16.8. The topological polar surface area (TPSA) is 96.2 Å². The SMILES string of the molecule is NCC(=O)Nc1cc(F)ccc1NC(=O)Nc1ccc(Cl)cc1. The number of nitrogens with one attached hydrogen (secondary N) is 3. The number of nitrogens with two attached hydrogens (primary N) is 1. The summed E-state index contributed by atoms with van der Waals surface area (Å²) >= 11 is 5.76. The molecular formula is C15H14ClFN4O2. The van der Waals surface area contributed by atoms with Gasteiger partial charge in [-0.25, -0.2) is 9.18 Å². The Morgan fingerprint density at radius 2 is 1.70 bits per heavy atom. The van der Waals surface area contributed by atoms with E-state index in [0.717, 1.165) is 12.1 Å². The standard InChI is InChI=1S/C15H14ClFN4O2/c16-9-1-4-11(5-2-9)19-15(23)21-12-6-3-10(17)7-13(12)20-14(22)8-18/h1-7H,8,18H2,(H,20,22)(H2,19,21,23). The first-order valence-corrected chi connectivity index (χ1v) is 6.99. The van der Waals surface area contributed by atoms with Gasteiger partial charge in [0.25, 0.3) is 0 Å². The van der Waals surface area contributed by atoms with Crippen LogP contribution in [-0.2, 0) is 4.79 Å². The monoisotopic (exact) mass is 336 g/mol. The van der Waals surface area contributed by atoms with Crippen LogP contribution in [0.2, 0.25) is 5.02 Å². The van der Waals surface area contributed by atoms with Crippen molar-refractivity contribution in [3.8, 4) is 0 Å². The van der Waals surface area contributed by atoms with Gasteiger partial charge in [-0.15, -0.1) is 0 Å². The van der Waals surface area contributed by atoms with Crippen LogP contribution in [0.3, 0.4) is 0 Å². The van der Waals surface area contributed by atoms with Gasteiger partial charge in [-0.05, 0) is 42.5 Å².